The molecule has 0 unspecified atom stereocenters. The summed E-state index contributed by atoms with van der Waals surface area (Å²) >= 11 is 0. The van der Waals surface area contributed by atoms with Crippen LogP contribution in [0.3, 0.4) is 0 Å². The fraction of sp³-hybridized carbons (Fsp3) is 0.0625. The van der Waals surface area contributed by atoms with Crippen molar-refractivity contribution in [2.24, 2.45) is 0 Å². The van der Waals surface area contributed by atoms with Crippen LogP contribution < -0.4 is 5.32 Å². The first-order chi connectivity index (χ1) is 8.92. The maximum atomic E-state index is 4.37. The third-order valence-electron chi connectivity index (χ3n) is 2.94. The third kappa shape index (κ3) is 2.33. The van der Waals surface area contributed by atoms with Crippen molar-refractivity contribution in [2.45, 2.75) is 6.54 Å². The van der Waals surface area contributed by atoms with E-state index in [1.54, 1.807) is 0 Å². The maximum absolute atomic E-state index is 4.37. The fourth-order valence-electron chi connectivity index (χ4n) is 1.98. The normalized spacial score (nSPS) is 10.4. The van der Waals surface area contributed by atoms with Gasteiger partial charge in [0, 0.05) is 23.8 Å². The van der Waals surface area contributed by atoms with Crippen molar-refractivity contribution in [3.8, 4) is 0 Å². The molecule has 1 aromatic heterocycles. The summed E-state index contributed by atoms with van der Waals surface area (Å²) in [7, 11) is 0. The van der Waals surface area contributed by atoms with E-state index >= 15 is 0 Å². The van der Waals surface area contributed by atoms with Crippen LogP contribution in [0.1, 0.15) is 5.56 Å². The van der Waals surface area contributed by atoms with Gasteiger partial charge in [0.05, 0.1) is 5.52 Å². The summed E-state index contributed by atoms with van der Waals surface area (Å²) in [4.78, 5) is 4.37. The van der Waals surface area contributed by atoms with Gasteiger partial charge in [-0.15, -0.1) is 0 Å². The predicted octanol–water partition coefficient (Wildman–Crippen LogP) is 3.85. The molecular weight excluding hydrogens is 220 g/mol. The molecule has 0 saturated carbocycles. The van der Waals surface area contributed by atoms with Crippen molar-refractivity contribution >= 4 is 16.6 Å². The molecule has 0 spiro atoms. The Labute approximate surface area is 106 Å². The van der Waals surface area contributed by atoms with Crippen LogP contribution in [-0.4, -0.2) is 4.98 Å². The molecule has 2 aromatic carbocycles. The van der Waals surface area contributed by atoms with Gasteiger partial charge >= 0.3 is 0 Å². The van der Waals surface area contributed by atoms with E-state index in [0.29, 0.717) is 0 Å². The molecule has 18 heavy (non-hydrogen) atoms. The number of nitrogens with one attached hydrogen (secondary N) is 1. The summed E-state index contributed by atoms with van der Waals surface area (Å²) in [5, 5.41) is 4.58. The zero-order valence-corrected chi connectivity index (χ0v) is 10.0. The molecule has 2 nitrogen and oxygen atoms in total. The molecule has 0 saturated heterocycles. The van der Waals surface area contributed by atoms with Gasteiger partial charge in [-0.05, 0) is 29.8 Å². The second-order valence-electron chi connectivity index (χ2n) is 4.25. The molecule has 88 valence electrons. The number of hydrogen-bond acceptors (Lipinski definition) is 2. The number of hydrogen-bond donors (Lipinski definition) is 1. The lowest BCUT2D eigenvalue weighted by Crippen LogP contribution is -1.98. The summed E-state index contributed by atoms with van der Waals surface area (Å²) in [6.45, 7) is 0.816. The molecule has 0 aliphatic rings. The number of benzene rings is 2. The minimum Gasteiger partial charge on any atom is -0.381 e. The monoisotopic (exact) mass is 234 g/mol. The molecule has 0 atom stereocenters. The predicted molar refractivity (Wildman–Crippen MR) is 75.5 cm³/mol. The number of fused-ring (bicyclic) bond motifs is 1. The van der Waals surface area contributed by atoms with E-state index in [1.807, 2.05) is 30.5 Å². The molecule has 0 aliphatic carbocycles. The first-order valence-electron chi connectivity index (χ1n) is 6.04. The Kier molecular flexibility index (Phi) is 2.92. The van der Waals surface area contributed by atoms with Crippen molar-refractivity contribution in [1.82, 2.24) is 4.98 Å². The maximum Gasteiger partial charge on any atom is 0.0705 e. The minimum absolute atomic E-state index is 0.816. The molecular formula is C16H14N2. The molecule has 1 heterocycles. The molecule has 0 bridgehead atoms. The van der Waals surface area contributed by atoms with Crippen LogP contribution in [0.5, 0.6) is 0 Å². The van der Waals surface area contributed by atoms with Crippen molar-refractivity contribution in [3.63, 3.8) is 0 Å². The smallest absolute Gasteiger partial charge is 0.0705 e. The van der Waals surface area contributed by atoms with Gasteiger partial charge < -0.3 is 5.32 Å². The van der Waals surface area contributed by atoms with E-state index in [1.165, 1.54) is 10.9 Å². The van der Waals surface area contributed by atoms with Gasteiger partial charge in [-0.25, -0.2) is 0 Å². The van der Waals surface area contributed by atoms with Gasteiger partial charge in [-0.1, -0.05) is 36.4 Å². The zero-order valence-electron chi connectivity index (χ0n) is 10.0. The molecule has 0 fully saturated rings. The highest BCUT2D eigenvalue weighted by atomic mass is 14.9. The zero-order chi connectivity index (χ0) is 12.2. The lowest BCUT2D eigenvalue weighted by Gasteiger charge is -2.07. The number of pyridine rings is 1. The van der Waals surface area contributed by atoms with Gasteiger partial charge in [0.2, 0.25) is 0 Å². The van der Waals surface area contributed by atoms with Crippen LogP contribution in [0.4, 0.5) is 5.69 Å². The second-order valence-corrected chi connectivity index (χ2v) is 4.25. The van der Waals surface area contributed by atoms with Crippen LogP contribution in [0, 0.1) is 0 Å². The van der Waals surface area contributed by atoms with Crippen LogP contribution in [-0.2, 0) is 6.54 Å². The van der Waals surface area contributed by atoms with Crippen molar-refractivity contribution in [1.29, 1.82) is 0 Å². The number of para-hydroxylation sites is 1. The van der Waals surface area contributed by atoms with Gasteiger partial charge in [0.1, 0.15) is 0 Å². The van der Waals surface area contributed by atoms with E-state index in [2.05, 4.69) is 46.7 Å². The SMILES string of the molecule is c1ccc(NCc2ccc3cccnc3c2)cc1. The van der Waals surface area contributed by atoms with Crippen molar-refractivity contribution < 1.29 is 0 Å². The average Bonchev–Trinajstić information content (AvgIpc) is 2.46. The quantitative estimate of drug-likeness (QED) is 0.744. The highest BCUT2D eigenvalue weighted by molar-refractivity contribution is 5.78. The minimum atomic E-state index is 0.816. The fourth-order valence-corrected chi connectivity index (χ4v) is 1.98. The highest BCUT2D eigenvalue weighted by Crippen LogP contribution is 2.14. The molecule has 0 aliphatic heterocycles. The Morgan fingerprint density at radius 2 is 1.78 bits per heavy atom. The Hall–Kier alpha value is -2.35. The average molecular weight is 234 g/mol. The summed E-state index contributed by atoms with van der Waals surface area (Å²) < 4.78 is 0. The van der Waals surface area contributed by atoms with E-state index < -0.39 is 0 Å². The highest BCUT2D eigenvalue weighted by Gasteiger charge is 1.97. The summed E-state index contributed by atoms with van der Waals surface area (Å²) in [5.74, 6) is 0. The summed E-state index contributed by atoms with van der Waals surface area (Å²) in [6, 6.07) is 20.6. The van der Waals surface area contributed by atoms with Crippen molar-refractivity contribution in [3.05, 3.63) is 72.4 Å². The Morgan fingerprint density at radius 3 is 2.67 bits per heavy atom. The van der Waals surface area contributed by atoms with Crippen LogP contribution in [0.2, 0.25) is 0 Å². The van der Waals surface area contributed by atoms with E-state index in [9.17, 15) is 0 Å². The van der Waals surface area contributed by atoms with E-state index in [-0.39, 0.29) is 0 Å². The van der Waals surface area contributed by atoms with Gasteiger partial charge in [-0.3, -0.25) is 4.98 Å². The molecule has 0 amide bonds. The lowest BCUT2D eigenvalue weighted by molar-refractivity contribution is 1.15. The van der Waals surface area contributed by atoms with Gasteiger partial charge in [0.25, 0.3) is 0 Å². The third-order valence-corrected chi connectivity index (χ3v) is 2.94. The number of rotatable bonds is 3. The Morgan fingerprint density at radius 1 is 0.889 bits per heavy atom. The van der Waals surface area contributed by atoms with Crippen LogP contribution in [0.15, 0.2) is 66.9 Å². The largest absolute Gasteiger partial charge is 0.381 e. The van der Waals surface area contributed by atoms with Gasteiger partial charge in [0.15, 0.2) is 0 Å². The van der Waals surface area contributed by atoms with Crippen LogP contribution >= 0.6 is 0 Å². The molecule has 3 aromatic rings. The topological polar surface area (TPSA) is 24.9 Å². The first-order valence-corrected chi connectivity index (χ1v) is 6.04. The summed E-state index contributed by atoms with van der Waals surface area (Å²) in [6.07, 6.45) is 1.83. The number of nitrogens with zero attached hydrogens (tertiary/aromatic N) is 1. The molecule has 1 N–H and O–H groups in total. The Bertz CT molecular complexity index is 647. The van der Waals surface area contributed by atoms with Crippen molar-refractivity contribution in [2.75, 3.05) is 5.32 Å². The van der Waals surface area contributed by atoms with Gasteiger partial charge in [-0.2, -0.15) is 0 Å². The first kappa shape index (κ1) is 10.8. The lowest BCUT2D eigenvalue weighted by atomic mass is 10.1. The molecule has 0 radical (unpaired) electrons. The van der Waals surface area contributed by atoms with E-state index in [4.69, 9.17) is 0 Å². The number of anilines is 1. The Balaban J connectivity index is 1.79. The second kappa shape index (κ2) is 4.88. The van der Waals surface area contributed by atoms with Crippen LogP contribution in [0.25, 0.3) is 10.9 Å². The van der Waals surface area contributed by atoms with E-state index in [0.717, 1.165) is 17.7 Å². The molecule has 3 rings (SSSR count). The summed E-state index contributed by atoms with van der Waals surface area (Å²) in [5.41, 5.74) is 3.42. The molecule has 2 heteroatoms. The number of aromatic nitrogens is 1. The standard InChI is InChI=1S/C16H14N2/c1-2-6-15(7-3-1)18-12-13-8-9-14-5-4-10-17-16(14)11-13/h1-11,18H,12H2.